The third-order valence-electron chi connectivity index (χ3n) is 5.35. The number of benzene rings is 4. The summed E-state index contributed by atoms with van der Waals surface area (Å²) in [5, 5.41) is 2.57. The first kappa shape index (κ1) is 28.0. The Bertz CT molecular complexity index is 1680. The highest BCUT2D eigenvalue weighted by atomic mass is 35.5. The summed E-state index contributed by atoms with van der Waals surface area (Å²) in [6, 6.07) is 24.2. The first-order chi connectivity index (χ1) is 18.6. The minimum Gasteiger partial charge on any atom is -0.494 e. The van der Waals surface area contributed by atoms with Gasteiger partial charge in [-0.25, -0.2) is 16.8 Å². The van der Waals surface area contributed by atoms with E-state index in [4.69, 9.17) is 16.3 Å². The van der Waals surface area contributed by atoms with Crippen molar-refractivity contribution in [1.29, 1.82) is 0 Å². The van der Waals surface area contributed by atoms with E-state index in [9.17, 15) is 21.6 Å². The van der Waals surface area contributed by atoms with Crippen LogP contribution in [-0.4, -0.2) is 29.3 Å². The molecule has 0 unspecified atom stereocenters. The van der Waals surface area contributed by atoms with Gasteiger partial charge in [0.05, 0.1) is 16.5 Å². The Labute approximate surface area is 231 Å². The predicted molar refractivity (Wildman–Crippen MR) is 152 cm³/mol. The number of hydrogen-bond donors (Lipinski definition) is 3. The van der Waals surface area contributed by atoms with Crippen molar-refractivity contribution in [3.05, 3.63) is 108 Å². The van der Waals surface area contributed by atoms with Gasteiger partial charge in [-0.1, -0.05) is 29.8 Å². The summed E-state index contributed by atoms with van der Waals surface area (Å²) in [4.78, 5) is 12.6. The fourth-order valence-corrected chi connectivity index (χ4v) is 6.13. The number of carbonyl (C=O) groups excluding carboxylic acids is 1. The number of para-hydroxylation sites is 1. The Balaban J connectivity index is 1.46. The molecule has 0 fully saturated rings. The van der Waals surface area contributed by atoms with Gasteiger partial charge in [-0.3, -0.25) is 14.2 Å². The van der Waals surface area contributed by atoms with E-state index >= 15 is 0 Å². The first-order valence-corrected chi connectivity index (χ1v) is 15.0. The fraction of sp³-hybridized carbons (Fsp3) is 0.0741. The van der Waals surface area contributed by atoms with Gasteiger partial charge >= 0.3 is 0 Å². The molecule has 0 spiro atoms. The zero-order valence-corrected chi connectivity index (χ0v) is 23.0. The van der Waals surface area contributed by atoms with Crippen LogP contribution in [0.4, 0.5) is 17.1 Å². The molecular weight excluding hydrogens is 562 g/mol. The number of ether oxygens (including phenoxy) is 1. The molecule has 4 rings (SSSR count). The number of anilines is 3. The lowest BCUT2D eigenvalue weighted by molar-refractivity contribution is 0.102. The Morgan fingerprint density at radius 3 is 1.97 bits per heavy atom. The van der Waals surface area contributed by atoms with Crippen LogP contribution in [0.5, 0.6) is 5.75 Å². The molecule has 39 heavy (non-hydrogen) atoms. The molecule has 0 aliphatic heterocycles. The van der Waals surface area contributed by atoms with E-state index in [1.165, 1.54) is 42.5 Å². The second kappa shape index (κ2) is 11.8. The average Bonchev–Trinajstić information content (AvgIpc) is 2.90. The zero-order chi connectivity index (χ0) is 28.0. The highest BCUT2D eigenvalue weighted by molar-refractivity contribution is 7.93. The summed E-state index contributed by atoms with van der Waals surface area (Å²) in [5.74, 6) is 0.0179. The SMILES string of the molecule is CCOc1ccc(NS(=O)(=O)c2ccc(NC(=O)c3ccc(Cl)c(S(=O)(=O)Nc4ccccc4)c3)cc2)cc1. The first-order valence-electron chi connectivity index (χ1n) is 11.6. The number of nitrogens with one attached hydrogen (secondary N) is 3. The molecule has 1 amide bonds. The fourth-order valence-electron chi connectivity index (χ4n) is 3.49. The average molecular weight is 586 g/mol. The van der Waals surface area contributed by atoms with E-state index in [-0.39, 0.29) is 20.4 Å². The summed E-state index contributed by atoms with van der Waals surface area (Å²) in [7, 11) is -7.95. The molecule has 0 heterocycles. The molecule has 0 atom stereocenters. The topological polar surface area (TPSA) is 131 Å². The number of amides is 1. The van der Waals surface area contributed by atoms with Crippen LogP contribution in [0.3, 0.4) is 0 Å². The van der Waals surface area contributed by atoms with Gasteiger partial charge in [-0.2, -0.15) is 0 Å². The van der Waals surface area contributed by atoms with E-state index in [1.54, 1.807) is 54.6 Å². The van der Waals surface area contributed by atoms with E-state index in [0.29, 0.717) is 29.4 Å². The molecule has 0 radical (unpaired) electrons. The van der Waals surface area contributed by atoms with Gasteiger partial charge in [0.2, 0.25) is 0 Å². The second-order valence-electron chi connectivity index (χ2n) is 8.16. The van der Waals surface area contributed by atoms with Crippen LogP contribution in [-0.2, 0) is 20.0 Å². The maximum Gasteiger partial charge on any atom is 0.263 e. The van der Waals surface area contributed by atoms with Gasteiger partial charge < -0.3 is 10.1 Å². The largest absolute Gasteiger partial charge is 0.494 e. The molecule has 0 aliphatic rings. The van der Waals surface area contributed by atoms with Crippen LogP contribution in [0, 0.1) is 0 Å². The van der Waals surface area contributed by atoms with Crippen LogP contribution in [0.1, 0.15) is 17.3 Å². The quantitative estimate of drug-likeness (QED) is 0.222. The lowest BCUT2D eigenvalue weighted by Gasteiger charge is -2.12. The molecule has 4 aromatic rings. The van der Waals surface area contributed by atoms with Crippen LogP contribution in [0.15, 0.2) is 107 Å². The van der Waals surface area contributed by atoms with E-state index in [2.05, 4.69) is 14.8 Å². The van der Waals surface area contributed by atoms with Gasteiger partial charge in [0.25, 0.3) is 26.0 Å². The number of halogens is 1. The number of hydrogen-bond acceptors (Lipinski definition) is 6. The number of carbonyl (C=O) groups is 1. The predicted octanol–water partition coefficient (Wildman–Crippen LogP) is 5.59. The summed E-state index contributed by atoms with van der Waals surface area (Å²) in [6.45, 7) is 2.35. The van der Waals surface area contributed by atoms with Gasteiger partial charge in [-0.15, -0.1) is 0 Å². The molecule has 12 heteroatoms. The third-order valence-corrected chi connectivity index (χ3v) is 8.61. The minimum atomic E-state index is -4.07. The van der Waals surface area contributed by atoms with Crippen molar-refractivity contribution in [3.8, 4) is 5.75 Å². The van der Waals surface area contributed by atoms with Crippen LogP contribution in [0.25, 0.3) is 0 Å². The van der Waals surface area contributed by atoms with Gasteiger partial charge in [0.1, 0.15) is 10.6 Å². The Morgan fingerprint density at radius 2 is 1.33 bits per heavy atom. The Hall–Kier alpha value is -4.06. The molecule has 3 N–H and O–H groups in total. The summed E-state index contributed by atoms with van der Waals surface area (Å²) in [6.07, 6.45) is 0. The maximum absolute atomic E-state index is 12.9. The van der Waals surface area contributed by atoms with Crippen molar-refractivity contribution in [1.82, 2.24) is 0 Å². The van der Waals surface area contributed by atoms with E-state index < -0.39 is 26.0 Å². The number of sulfonamides is 2. The Morgan fingerprint density at radius 1 is 0.744 bits per heavy atom. The zero-order valence-electron chi connectivity index (χ0n) is 20.6. The Kier molecular flexibility index (Phi) is 8.44. The van der Waals surface area contributed by atoms with Crippen LogP contribution < -0.4 is 19.5 Å². The molecule has 202 valence electrons. The molecule has 0 bridgehead atoms. The van der Waals surface area contributed by atoms with Crippen LogP contribution in [0.2, 0.25) is 5.02 Å². The molecule has 4 aromatic carbocycles. The van der Waals surface area contributed by atoms with Gasteiger partial charge in [0.15, 0.2) is 0 Å². The van der Waals surface area contributed by atoms with Crippen LogP contribution >= 0.6 is 11.6 Å². The van der Waals surface area contributed by atoms with Crippen molar-refractivity contribution >= 4 is 54.6 Å². The second-order valence-corrected chi connectivity index (χ2v) is 11.9. The monoisotopic (exact) mass is 585 g/mol. The lowest BCUT2D eigenvalue weighted by atomic mass is 10.2. The van der Waals surface area contributed by atoms with Crippen molar-refractivity contribution < 1.29 is 26.4 Å². The molecule has 0 aliphatic carbocycles. The highest BCUT2D eigenvalue weighted by Gasteiger charge is 2.21. The van der Waals surface area contributed by atoms with Gasteiger partial charge in [0, 0.05) is 22.6 Å². The summed E-state index contributed by atoms with van der Waals surface area (Å²) in [5.41, 5.74) is 1.06. The third kappa shape index (κ3) is 7.08. The molecular formula is C27H24ClN3O6S2. The van der Waals surface area contributed by atoms with Gasteiger partial charge in [-0.05, 0) is 85.8 Å². The summed E-state index contributed by atoms with van der Waals surface area (Å²) >= 11 is 6.13. The molecule has 0 saturated carbocycles. The molecule has 9 nitrogen and oxygen atoms in total. The molecule has 0 aromatic heterocycles. The maximum atomic E-state index is 12.9. The normalized spacial score (nSPS) is 11.4. The van der Waals surface area contributed by atoms with Crippen molar-refractivity contribution in [2.75, 3.05) is 21.4 Å². The summed E-state index contributed by atoms with van der Waals surface area (Å²) < 4.78 is 61.5. The lowest BCUT2D eigenvalue weighted by Crippen LogP contribution is -2.16. The van der Waals surface area contributed by atoms with E-state index in [1.807, 2.05) is 6.92 Å². The van der Waals surface area contributed by atoms with Crippen molar-refractivity contribution in [2.24, 2.45) is 0 Å². The van der Waals surface area contributed by atoms with Crippen molar-refractivity contribution in [3.63, 3.8) is 0 Å². The molecule has 0 saturated heterocycles. The smallest absolute Gasteiger partial charge is 0.263 e. The standard InChI is InChI=1S/C27H24ClN3O6S2/c1-2-37-23-13-9-22(10-14-23)30-38(33,34)24-15-11-20(12-16-24)29-27(32)19-8-17-25(28)26(18-19)39(35,36)31-21-6-4-3-5-7-21/h3-18,30-31H,2H2,1H3,(H,29,32). The number of rotatable bonds is 10. The highest BCUT2D eigenvalue weighted by Crippen LogP contribution is 2.26. The minimum absolute atomic E-state index is 0.0127. The van der Waals surface area contributed by atoms with Crippen molar-refractivity contribution in [2.45, 2.75) is 16.7 Å². The van der Waals surface area contributed by atoms with E-state index in [0.717, 1.165) is 0 Å².